The first-order valence-corrected chi connectivity index (χ1v) is 6.96. The molecule has 0 heterocycles. The highest BCUT2D eigenvalue weighted by molar-refractivity contribution is 5.14. The maximum atomic E-state index is 10.1. The third-order valence-corrected chi connectivity index (χ3v) is 3.70. The van der Waals surface area contributed by atoms with Gasteiger partial charge in [-0.25, -0.2) is 0 Å². The number of aliphatic hydroxyl groups is 1. The molecule has 0 amide bonds. The molecule has 1 atom stereocenters. The Labute approximate surface area is 111 Å². The van der Waals surface area contributed by atoms with E-state index >= 15 is 0 Å². The minimum atomic E-state index is -0.627. The largest absolute Gasteiger partial charge is 0.389 e. The van der Waals surface area contributed by atoms with Gasteiger partial charge < -0.3 is 5.11 Å². The number of benzene rings is 1. The molecule has 1 aliphatic carbocycles. The van der Waals surface area contributed by atoms with Gasteiger partial charge in [-0.15, -0.1) is 0 Å². The molecule has 0 aliphatic heterocycles. The molecule has 0 aromatic heterocycles. The van der Waals surface area contributed by atoms with Crippen LogP contribution in [0.1, 0.15) is 39.2 Å². The summed E-state index contributed by atoms with van der Waals surface area (Å²) in [6.07, 6.45) is 2.69. The molecule has 0 spiro atoms. The number of rotatable bonds is 6. The Kier molecular flexibility index (Phi) is 4.08. The summed E-state index contributed by atoms with van der Waals surface area (Å²) in [5.41, 5.74) is 0.701. The van der Waals surface area contributed by atoms with Crippen molar-refractivity contribution in [2.24, 2.45) is 5.92 Å². The zero-order valence-electron chi connectivity index (χ0n) is 11.8. The van der Waals surface area contributed by atoms with Crippen LogP contribution in [0.2, 0.25) is 0 Å². The van der Waals surface area contributed by atoms with E-state index in [0.717, 1.165) is 19.0 Å². The Morgan fingerprint density at radius 1 is 1.28 bits per heavy atom. The van der Waals surface area contributed by atoms with Crippen LogP contribution in [0.3, 0.4) is 0 Å². The van der Waals surface area contributed by atoms with E-state index in [0.29, 0.717) is 6.04 Å². The normalized spacial score (nSPS) is 18.1. The van der Waals surface area contributed by atoms with Crippen molar-refractivity contribution in [2.45, 2.75) is 51.8 Å². The van der Waals surface area contributed by atoms with Gasteiger partial charge in [-0.1, -0.05) is 30.3 Å². The quantitative estimate of drug-likeness (QED) is 0.835. The fourth-order valence-electron chi connectivity index (χ4n) is 2.54. The summed E-state index contributed by atoms with van der Waals surface area (Å²) < 4.78 is 0. The summed E-state index contributed by atoms with van der Waals surface area (Å²) in [6.45, 7) is 7.75. The Hall–Kier alpha value is -0.860. The third kappa shape index (κ3) is 4.11. The van der Waals surface area contributed by atoms with E-state index in [-0.39, 0.29) is 0 Å². The molecule has 18 heavy (non-hydrogen) atoms. The van der Waals surface area contributed by atoms with E-state index in [1.165, 1.54) is 18.4 Å². The highest BCUT2D eigenvalue weighted by Crippen LogP contribution is 2.36. The predicted molar refractivity (Wildman–Crippen MR) is 75.3 cm³/mol. The molecule has 1 aliphatic rings. The van der Waals surface area contributed by atoms with E-state index in [4.69, 9.17) is 0 Å². The van der Waals surface area contributed by atoms with E-state index < -0.39 is 5.60 Å². The summed E-state index contributed by atoms with van der Waals surface area (Å²) in [4.78, 5) is 2.42. The van der Waals surface area contributed by atoms with Gasteiger partial charge in [-0.3, -0.25) is 4.90 Å². The number of nitrogens with zero attached hydrogens (tertiary/aromatic N) is 1. The molecule has 1 aromatic carbocycles. The van der Waals surface area contributed by atoms with Crippen LogP contribution < -0.4 is 0 Å². The second-order valence-electron chi connectivity index (χ2n) is 6.28. The smallest absolute Gasteiger partial charge is 0.0718 e. The molecule has 0 radical (unpaired) electrons. The van der Waals surface area contributed by atoms with Crippen LogP contribution in [0.5, 0.6) is 0 Å². The molecule has 1 N–H and O–H groups in total. The number of hydrogen-bond acceptors (Lipinski definition) is 2. The van der Waals surface area contributed by atoms with Crippen molar-refractivity contribution in [3.05, 3.63) is 35.9 Å². The fourth-order valence-corrected chi connectivity index (χ4v) is 2.54. The van der Waals surface area contributed by atoms with Gasteiger partial charge in [0, 0.05) is 19.1 Å². The predicted octanol–water partition coefficient (Wildman–Crippen LogP) is 3.06. The van der Waals surface area contributed by atoms with Crippen LogP contribution in [0.25, 0.3) is 0 Å². The van der Waals surface area contributed by atoms with Crippen LogP contribution >= 0.6 is 0 Å². The van der Waals surface area contributed by atoms with Crippen molar-refractivity contribution in [2.75, 3.05) is 6.54 Å². The van der Waals surface area contributed by atoms with Gasteiger partial charge in [0.05, 0.1) is 5.60 Å². The SMILES string of the molecule is CC(C1CC1)N(Cc1ccccc1)CC(C)(C)O. The van der Waals surface area contributed by atoms with Gasteiger partial charge in [0.1, 0.15) is 0 Å². The molecular formula is C16H25NO. The lowest BCUT2D eigenvalue weighted by atomic mass is 10.0. The van der Waals surface area contributed by atoms with Crippen molar-refractivity contribution >= 4 is 0 Å². The second kappa shape index (κ2) is 5.41. The summed E-state index contributed by atoms with van der Waals surface area (Å²) in [5, 5.41) is 10.1. The second-order valence-corrected chi connectivity index (χ2v) is 6.28. The first-order valence-electron chi connectivity index (χ1n) is 6.96. The maximum absolute atomic E-state index is 10.1. The molecule has 1 aromatic rings. The minimum Gasteiger partial charge on any atom is -0.389 e. The highest BCUT2D eigenvalue weighted by atomic mass is 16.3. The zero-order chi connectivity index (χ0) is 13.2. The van der Waals surface area contributed by atoms with Gasteiger partial charge in [0.25, 0.3) is 0 Å². The minimum absolute atomic E-state index is 0.566. The van der Waals surface area contributed by atoms with E-state index in [1.807, 2.05) is 19.9 Å². The molecule has 0 bridgehead atoms. The monoisotopic (exact) mass is 247 g/mol. The lowest BCUT2D eigenvalue weighted by Crippen LogP contribution is -2.43. The van der Waals surface area contributed by atoms with Crippen molar-refractivity contribution in [3.63, 3.8) is 0 Å². The maximum Gasteiger partial charge on any atom is 0.0718 e. The molecule has 2 rings (SSSR count). The Morgan fingerprint density at radius 2 is 1.89 bits per heavy atom. The molecular weight excluding hydrogens is 222 g/mol. The van der Waals surface area contributed by atoms with E-state index in [9.17, 15) is 5.11 Å². The molecule has 1 saturated carbocycles. The van der Waals surface area contributed by atoms with Gasteiger partial charge >= 0.3 is 0 Å². The zero-order valence-corrected chi connectivity index (χ0v) is 11.8. The third-order valence-electron chi connectivity index (χ3n) is 3.70. The van der Waals surface area contributed by atoms with Gasteiger partial charge in [0.2, 0.25) is 0 Å². The lowest BCUT2D eigenvalue weighted by Gasteiger charge is -2.34. The Bertz CT molecular complexity index is 364. The van der Waals surface area contributed by atoms with Crippen LogP contribution in [-0.4, -0.2) is 28.2 Å². The number of hydrogen-bond donors (Lipinski definition) is 1. The van der Waals surface area contributed by atoms with Gasteiger partial charge in [-0.2, -0.15) is 0 Å². The summed E-state index contributed by atoms with van der Waals surface area (Å²) >= 11 is 0. The van der Waals surface area contributed by atoms with Crippen LogP contribution in [0, 0.1) is 5.92 Å². The van der Waals surface area contributed by atoms with Gasteiger partial charge in [-0.05, 0) is 45.1 Å². The standard InChI is InChI=1S/C16H25NO/c1-13(15-9-10-15)17(12-16(2,3)18)11-14-7-5-4-6-8-14/h4-8,13,15,18H,9-12H2,1-3H3. The van der Waals surface area contributed by atoms with E-state index in [2.05, 4.69) is 36.1 Å². The van der Waals surface area contributed by atoms with Crippen LogP contribution in [-0.2, 0) is 6.54 Å². The molecule has 1 unspecified atom stereocenters. The molecule has 0 saturated heterocycles. The van der Waals surface area contributed by atoms with E-state index in [1.54, 1.807) is 0 Å². The molecule has 100 valence electrons. The van der Waals surface area contributed by atoms with Crippen molar-refractivity contribution in [1.29, 1.82) is 0 Å². The molecule has 2 nitrogen and oxygen atoms in total. The summed E-state index contributed by atoms with van der Waals surface area (Å²) in [7, 11) is 0. The van der Waals surface area contributed by atoms with Crippen molar-refractivity contribution < 1.29 is 5.11 Å². The van der Waals surface area contributed by atoms with Crippen LogP contribution in [0.15, 0.2) is 30.3 Å². The Morgan fingerprint density at radius 3 is 2.39 bits per heavy atom. The summed E-state index contributed by atoms with van der Waals surface area (Å²) in [6, 6.07) is 11.1. The van der Waals surface area contributed by atoms with Crippen molar-refractivity contribution in [3.8, 4) is 0 Å². The molecule has 1 fully saturated rings. The summed E-state index contributed by atoms with van der Waals surface area (Å²) in [5.74, 6) is 0.830. The fraction of sp³-hybridized carbons (Fsp3) is 0.625. The van der Waals surface area contributed by atoms with Crippen LogP contribution in [0.4, 0.5) is 0 Å². The van der Waals surface area contributed by atoms with Gasteiger partial charge in [0.15, 0.2) is 0 Å². The first kappa shape index (κ1) is 13.6. The van der Waals surface area contributed by atoms with Crippen molar-refractivity contribution in [1.82, 2.24) is 4.90 Å². The average molecular weight is 247 g/mol. The molecule has 2 heteroatoms. The highest BCUT2D eigenvalue weighted by Gasteiger charge is 2.33. The first-order chi connectivity index (χ1) is 8.46. The Balaban J connectivity index is 2.04. The average Bonchev–Trinajstić information content (AvgIpc) is 3.10. The topological polar surface area (TPSA) is 23.5 Å². The lowest BCUT2D eigenvalue weighted by molar-refractivity contribution is 0.0162.